The van der Waals surface area contributed by atoms with Gasteiger partial charge in [0.25, 0.3) is 0 Å². The van der Waals surface area contributed by atoms with Crippen LogP contribution in [0.2, 0.25) is 0 Å². The lowest BCUT2D eigenvalue weighted by molar-refractivity contribution is 0.362. The maximum Gasteiger partial charge on any atom is 0.209 e. The molecule has 28 heavy (non-hydrogen) atoms. The van der Waals surface area contributed by atoms with Crippen molar-refractivity contribution in [2.24, 2.45) is 4.99 Å². The zero-order valence-electron chi connectivity index (χ0n) is 16.6. The van der Waals surface area contributed by atoms with Gasteiger partial charge in [-0.3, -0.25) is 0 Å². The second-order valence-electron chi connectivity index (χ2n) is 7.48. The number of aliphatic imine (C=N–C) groups is 1. The number of hydrogen-bond donors (Lipinski definition) is 0. The Hall–Kier alpha value is -2.46. The number of hydrogen-bond acceptors (Lipinski definition) is 4. The van der Waals surface area contributed by atoms with Gasteiger partial charge < -0.3 is 4.74 Å². The van der Waals surface area contributed by atoms with Gasteiger partial charge in [-0.2, -0.15) is 0 Å². The van der Waals surface area contributed by atoms with Crippen molar-refractivity contribution in [1.29, 1.82) is 0 Å². The summed E-state index contributed by atoms with van der Waals surface area (Å²) in [4.78, 5) is 11.0. The minimum absolute atomic E-state index is 0.563. The van der Waals surface area contributed by atoms with Crippen molar-refractivity contribution in [3.8, 4) is 5.75 Å². The van der Waals surface area contributed by atoms with Crippen molar-refractivity contribution in [1.82, 2.24) is 4.98 Å². The van der Waals surface area contributed by atoms with E-state index < -0.39 is 0 Å². The first kappa shape index (κ1) is 18.9. The SMILES string of the molecule is CC(C)=CCOc1ccc2ccccc2c1C=Nc1nc2c(s1)CCCCC2. The third kappa shape index (κ3) is 4.33. The van der Waals surface area contributed by atoms with Gasteiger partial charge in [-0.1, -0.05) is 53.7 Å². The summed E-state index contributed by atoms with van der Waals surface area (Å²) in [5, 5.41) is 3.20. The normalized spacial score (nSPS) is 14.1. The molecule has 0 N–H and O–H groups in total. The smallest absolute Gasteiger partial charge is 0.209 e. The third-order valence-electron chi connectivity index (χ3n) is 5.05. The van der Waals surface area contributed by atoms with Crippen LogP contribution >= 0.6 is 11.3 Å². The topological polar surface area (TPSA) is 34.5 Å². The van der Waals surface area contributed by atoms with Gasteiger partial charge >= 0.3 is 0 Å². The van der Waals surface area contributed by atoms with Crippen LogP contribution in [0, 0.1) is 0 Å². The Bertz CT molecular complexity index is 1000. The highest BCUT2D eigenvalue weighted by atomic mass is 32.1. The van der Waals surface area contributed by atoms with Gasteiger partial charge in [-0.25, -0.2) is 9.98 Å². The van der Waals surface area contributed by atoms with Crippen molar-refractivity contribution in [3.63, 3.8) is 0 Å². The molecule has 144 valence electrons. The zero-order chi connectivity index (χ0) is 19.3. The number of thiazole rings is 1. The van der Waals surface area contributed by atoms with E-state index in [0.717, 1.165) is 34.7 Å². The fourth-order valence-corrected chi connectivity index (χ4v) is 4.52. The van der Waals surface area contributed by atoms with Crippen LogP contribution in [0.5, 0.6) is 5.75 Å². The molecule has 2 aromatic carbocycles. The monoisotopic (exact) mass is 390 g/mol. The van der Waals surface area contributed by atoms with Crippen molar-refractivity contribution < 1.29 is 4.74 Å². The number of fused-ring (bicyclic) bond motifs is 2. The Morgan fingerprint density at radius 2 is 1.96 bits per heavy atom. The van der Waals surface area contributed by atoms with E-state index in [9.17, 15) is 0 Å². The van der Waals surface area contributed by atoms with E-state index in [1.807, 2.05) is 12.3 Å². The molecule has 0 fully saturated rings. The summed E-state index contributed by atoms with van der Waals surface area (Å²) in [6.45, 7) is 4.73. The molecular formula is C24H26N2OS. The van der Waals surface area contributed by atoms with Crippen molar-refractivity contribution in [3.05, 3.63) is 64.2 Å². The summed E-state index contributed by atoms with van der Waals surface area (Å²) < 4.78 is 6.06. The van der Waals surface area contributed by atoms with Crippen molar-refractivity contribution in [2.45, 2.75) is 46.0 Å². The summed E-state index contributed by atoms with van der Waals surface area (Å²) in [7, 11) is 0. The first-order valence-corrected chi connectivity index (χ1v) is 10.8. The molecule has 0 radical (unpaired) electrons. The standard InChI is InChI=1S/C24H26N2OS/c1-17(2)14-15-27-22-13-12-18-8-6-7-9-19(18)20(22)16-25-24-26-21-10-4-3-5-11-23(21)28-24/h6-9,12-14,16H,3-5,10-11,15H2,1-2H3. The molecule has 0 bridgehead atoms. The molecule has 0 unspecified atom stereocenters. The molecule has 0 spiro atoms. The molecule has 0 aliphatic heterocycles. The van der Waals surface area contributed by atoms with Crippen LogP contribution in [0.4, 0.5) is 5.13 Å². The van der Waals surface area contributed by atoms with Gasteiger partial charge in [-0.15, -0.1) is 0 Å². The van der Waals surface area contributed by atoms with Crippen LogP contribution in [-0.4, -0.2) is 17.8 Å². The number of ether oxygens (including phenoxy) is 1. The van der Waals surface area contributed by atoms with Gasteiger partial charge in [0.1, 0.15) is 12.4 Å². The molecule has 0 saturated carbocycles. The van der Waals surface area contributed by atoms with Crippen LogP contribution in [0.1, 0.15) is 49.2 Å². The lowest BCUT2D eigenvalue weighted by Gasteiger charge is -2.10. The maximum absolute atomic E-state index is 6.06. The first-order valence-electron chi connectivity index (χ1n) is 10.0. The third-order valence-corrected chi connectivity index (χ3v) is 6.11. The van der Waals surface area contributed by atoms with E-state index in [2.05, 4.69) is 50.3 Å². The highest BCUT2D eigenvalue weighted by Gasteiger charge is 2.14. The molecule has 0 amide bonds. The van der Waals surface area contributed by atoms with Gasteiger partial charge in [0.2, 0.25) is 5.13 Å². The minimum Gasteiger partial charge on any atom is -0.489 e. The number of benzene rings is 2. The molecule has 1 aromatic heterocycles. The highest BCUT2D eigenvalue weighted by molar-refractivity contribution is 7.15. The van der Waals surface area contributed by atoms with Gasteiger partial charge in [0, 0.05) is 16.7 Å². The van der Waals surface area contributed by atoms with Crippen LogP contribution in [0.15, 0.2) is 53.0 Å². The second-order valence-corrected chi connectivity index (χ2v) is 8.54. The fourth-order valence-electron chi connectivity index (χ4n) is 3.52. The van der Waals surface area contributed by atoms with E-state index in [4.69, 9.17) is 14.7 Å². The molecule has 1 aliphatic rings. The van der Waals surface area contributed by atoms with E-state index in [-0.39, 0.29) is 0 Å². The average Bonchev–Trinajstić information content (AvgIpc) is 2.95. The minimum atomic E-state index is 0.563. The van der Waals surface area contributed by atoms with Gasteiger partial charge in [-0.05, 0) is 62.4 Å². The zero-order valence-corrected chi connectivity index (χ0v) is 17.4. The summed E-state index contributed by atoms with van der Waals surface area (Å²) >= 11 is 1.74. The Morgan fingerprint density at radius 3 is 2.86 bits per heavy atom. The largest absolute Gasteiger partial charge is 0.489 e. The molecule has 4 heteroatoms. The number of aromatic nitrogens is 1. The summed E-state index contributed by atoms with van der Waals surface area (Å²) in [6, 6.07) is 12.5. The molecule has 4 rings (SSSR count). The average molecular weight is 391 g/mol. The van der Waals surface area contributed by atoms with Crippen molar-refractivity contribution >= 4 is 33.5 Å². The molecular weight excluding hydrogens is 364 g/mol. The molecule has 1 heterocycles. The molecule has 1 aliphatic carbocycles. The van der Waals surface area contributed by atoms with E-state index in [0.29, 0.717) is 6.61 Å². The first-order chi connectivity index (χ1) is 13.7. The van der Waals surface area contributed by atoms with Crippen LogP contribution in [0.3, 0.4) is 0 Å². The molecule has 3 aromatic rings. The van der Waals surface area contributed by atoms with Crippen LogP contribution in [-0.2, 0) is 12.8 Å². The van der Waals surface area contributed by atoms with E-state index >= 15 is 0 Å². The maximum atomic E-state index is 6.06. The quantitative estimate of drug-likeness (QED) is 0.277. The summed E-state index contributed by atoms with van der Waals surface area (Å²) in [6.07, 6.45) is 10.1. The fraction of sp³-hybridized carbons (Fsp3) is 0.333. The summed E-state index contributed by atoms with van der Waals surface area (Å²) in [5.41, 5.74) is 3.53. The number of rotatable bonds is 5. The molecule has 3 nitrogen and oxygen atoms in total. The molecule has 0 atom stereocenters. The van der Waals surface area contributed by atoms with Crippen LogP contribution < -0.4 is 4.74 Å². The van der Waals surface area contributed by atoms with E-state index in [1.165, 1.54) is 40.8 Å². The lowest BCUT2D eigenvalue weighted by atomic mass is 10.0. The lowest BCUT2D eigenvalue weighted by Crippen LogP contribution is -1.98. The second kappa shape index (κ2) is 8.70. The number of allylic oxidation sites excluding steroid dienone is 1. The van der Waals surface area contributed by atoms with E-state index in [1.54, 1.807) is 11.3 Å². The van der Waals surface area contributed by atoms with Crippen LogP contribution in [0.25, 0.3) is 10.8 Å². The van der Waals surface area contributed by atoms with Crippen molar-refractivity contribution in [2.75, 3.05) is 6.61 Å². The predicted octanol–water partition coefficient (Wildman–Crippen LogP) is 6.66. The van der Waals surface area contributed by atoms with Gasteiger partial charge in [0.05, 0.1) is 5.69 Å². The highest BCUT2D eigenvalue weighted by Crippen LogP contribution is 2.32. The Balaban J connectivity index is 1.67. The Labute approximate surface area is 170 Å². The Morgan fingerprint density at radius 1 is 1.11 bits per heavy atom. The Kier molecular flexibility index (Phi) is 5.87. The number of nitrogens with zero attached hydrogens (tertiary/aromatic N) is 2. The summed E-state index contributed by atoms with van der Waals surface area (Å²) in [5.74, 6) is 0.859. The predicted molar refractivity (Wildman–Crippen MR) is 120 cm³/mol. The number of aryl methyl sites for hydroxylation is 2. The van der Waals surface area contributed by atoms with Gasteiger partial charge in [0.15, 0.2) is 0 Å². The molecule has 0 saturated heterocycles.